The lowest BCUT2D eigenvalue weighted by atomic mass is 10.1. The van der Waals surface area contributed by atoms with Gasteiger partial charge in [0.1, 0.15) is 0 Å². The summed E-state index contributed by atoms with van der Waals surface area (Å²) in [7, 11) is 2.05. The number of nitrogens with one attached hydrogen (secondary N) is 1. The minimum atomic E-state index is -1.02. The van der Waals surface area contributed by atoms with Gasteiger partial charge < -0.3 is 15.3 Å². The Morgan fingerprint density at radius 2 is 2.16 bits per heavy atom. The second-order valence-electron chi connectivity index (χ2n) is 4.87. The van der Waals surface area contributed by atoms with Gasteiger partial charge in [0.05, 0.1) is 5.56 Å². The van der Waals surface area contributed by atoms with Crippen molar-refractivity contribution in [2.75, 3.05) is 20.1 Å². The number of rotatable bonds is 4. The second kappa shape index (κ2) is 5.84. The van der Waals surface area contributed by atoms with Gasteiger partial charge in [-0.05, 0) is 44.6 Å². The molecule has 0 spiro atoms. The van der Waals surface area contributed by atoms with E-state index in [1.807, 2.05) is 0 Å². The summed E-state index contributed by atoms with van der Waals surface area (Å²) in [5.74, 6) is -1.24. The molecule has 0 saturated carbocycles. The van der Waals surface area contributed by atoms with Crippen LogP contribution >= 0.6 is 0 Å². The molecule has 5 heteroatoms. The molecule has 0 bridgehead atoms. The lowest BCUT2D eigenvalue weighted by molar-refractivity contribution is 0.0697. The van der Waals surface area contributed by atoms with Crippen molar-refractivity contribution in [2.45, 2.75) is 18.9 Å². The highest BCUT2D eigenvalue weighted by Crippen LogP contribution is 2.13. The van der Waals surface area contributed by atoms with Crippen LogP contribution in [0.3, 0.4) is 0 Å². The fraction of sp³-hybridized carbons (Fsp3) is 0.429. The third kappa shape index (κ3) is 3.32. The standard InChI is InChI=1S/C14H18N2O3/c1-16-7-3-6-12(16)9-15-13(17)10-4-2-5-11(8-10)14(18)19/h2,4-5,8,12H,3,6-7,9H2,1H3,(H,15,17)(H,18,19). The molecular weight excluding hydrogens is 244 g/mol. The highest BCUT2D eigenvalue weighted by Gasteiger charge is 2.21. The molecule has 5 nitrogen and oxygen atoms in total. The number of carbonyl (C=O) groups is 2. The highest BCUT2D eigenvalue weighted by molar-refractivity contribution is 5.97. The van der Waals surface area contributed by atoms with Crippen LogP contribution in [0.25, 0.3) is 0 Å². The SMILES string of the molecule is CN1CCCC1CNC(=O)c1cccc(C(=O)O)c1. The lowest BCUT2D eigenvalue weighted by Gasteiger charge is -2.19. The Hall–Kier alpha value is -1.88. The summed E-state index contributed by atoms with van der Waals surface area (Å²) < 4.78 is 0. The molecule has 1 aliphatic heterocycles. The maximum Gasteiger partial charge on any atom is 0.335 e. The molecule has 1 heterocycles. The topological polar surface area (TPSA) is 69.6 Å². The summed E-state index contributed by atoms with van der Waals surface area (Å²) >= 11 is 0. The van der Waals surface area contributed by atoms with Crippen LogP contribution in [-0.4, -0.2) is 48.1 Å². The third-order valence-electron chi connectivity index (χ3n) is 3.54. The molecule has 0 aromatic heterocycles. The zero-order valence-electron chi connectivity index (χ0n) is 10.9. The molecule has 1 unspecified atom stereocenters. The first-order chi connectivity index (χ1) is 9.08. The Kier molecular flexibility index (Phi) is 4.16. The van der Waals surface area contributed by atoms with Crippen LogP contribution in [-0.2, 0) is 0 Å². The first-order valence-electron chi connectivity index (χ1n) is 6.39. The molecule has 1 fully saturated rings. The predicted octanol–water partition coefficient (Wildman–Crippen LogP) is 1.21. The monoisotopic (exact) mass is 262 g/mol. The van der Waals surface area contributed by atoms with Crippen molar-refractivity contribution in [3.05, 3.63) is 35.4 Å². The van der Waals surface area contributed by atoms with E-state index in [9.17, 15) is 9.59 Å². The molecular formula is C14H18N2O3. The Balaban J connectivity index is 1.96. The highest BCUT2D eigenvalue weighted by atomic mass is 16.4. The van der Waals surface area contributed by atoms with Crippen LogP contribution in [0, 0.1) is 0 Å². The first kappa shape index (κ1) is 13.5. The van der Waals surface area contributed by atoms with Gasteiger partial charge in [-0.25, -0.2) is 4.79 Å². The molecule has 1 aromatic carbocycles. The first-order valence-corrected chi connectivity index (χ1v) is 6.39. The van der Waals surface area contributed by atoms with Crippen molar-refractivity contribution in [3.63, 3.8) is 0 Å². The van der Waals surface area contributed by atoms with Crippen molar-refractivity contribution in [3.8, 4) is 0 Å². The van der Waals surface area contributed by atoms with Gasteiger partial charge in [0.25, 0.3) is 5.91 Å². The van der Waals surface area contributed by atoms with E-state index in [0.717, 1.165) is 19.4 Å². The van der Waals surface area contributed by atoms with Crippen LogP contribution < -0.4 is 5.32 Å². The largest absolute Gasteiger partial charge is 0.478 e. The molecule has 102 valence electrons. The molecule has 0 aliphatic carbocycles. The number of carboxylic acids is 1. The van der Waals surface area contributed by atoms with E-state index >= 15 is 0 Å². The van der Waals surface area contributed by atoms with Crippen molar-refractivity contribution >= 4 is 11.9 Å². The minimum absolute atomic E-state index is 0.130. The molecule has 1 atom stereocenters. The zero-order valence-corrected chi connectivity index (χ0v) is 10.9. The van der Waals surface area contributed by atoms with Crippen LogP contribution in [0.15, 0.2) is 24.3 Å². The Morgan fingerprint density at radius 3 is 2.79 bits per heavy atom. The number of likely N-dealkylation sites (tertiary alicyclic amines) is 1. The van der Waals surface area contributed by atoms with Gasteiger partial charge in [0.15, 0.2) is 0 Å². The van der Waals surface area contributed by atoms with Gasteiger partial charge in [0.2, 0.25) is 0 Å². The van der Waals surface area contributed by atoms with E-state index in [1.54, 1.807) is 12.1 Å². The van der Waals surface area contributed by atoms with Crippen LogP contribution in [0.5, 0.6) is 0 Å². The van der Waals surface area contributed by atoms with E-state index in [-0.39, 0.29) is 11.5 Å². The molecule has 1 saturated heterocycles. The van der Waals surface area contributed by atoms with E-state index in [2.05, 4.69) is 17.3 Å². The molecule has 1 aromatic rings. The summed E-state index contributed by atoms with van der Waals surface area (Å²) in [6.45, 7) is 1.67. The zero-order chi connectivity index (χ0) is 13.8. The van der Waals surface area contributed by atoms with Crippen LogP contribution in [0.1, 0.15) is 33.6 Å². The maximum atomic E-state index is 12.0. The fourth-order valence-corrected chi connectivity index (χ4v) is 2.34. The quantitative estimate of drug-likeness (QED) is 0.855. The molecule has 19 heavy (non-hydrogen) atoms. The second-order valence-corrected chi connectivity index (χ2v) is 4.87. The number of hydrogen-bond donors (Lipinski definition) is 2. The predicted molar refractivity (Wildman–Crippen MR) is 71.4 cm³/mol. The number of likely N-dealkylation sites (N-methyl/N-ethyl adjacent to an activating group) is 1. The number of aromatic carboxylic acids is 1. The number of hydrogen-bond acceptors (Lipinski definition) is 3. The lowest BCUT2D eigenvalue weighted by Crippen LogP contribution is -2.38. The fourth-order valence-electron chi connectivity index (χ4n) is 2.34. The smallest absolute Gasteiger partial charge is 0.335 e. The Bertz CT molecular complexity index is 487. The molecule has 2 N–H and O–H groups in total. The van der Waals surface area contributed by atoms with Gasteiger partial charge in [-0.3, -0.25) is 4.79 Å². The van der Waals surface area contributed by atoms with Crippen LogP contribution in [0.4, 0.5) is 0 Å². The summed E-state index contributed by atoms with van der Waals surface area (Å²) in [6, 6.07) is 6.46. The Morgan fingerprint density at radius 1 is 1.42 bits per heavy atom. The van der Waals surface area contributed by atoms with Gasteiger partial charge in [-0.2, -0.15) is 0 Å². The van der Waals surface area contributed by atoms with E-state index in [4.69, 9.17) is 5.11 Å². The minimum Gasteiger partial charge on any atom is -0.478 e. The summed E-state index contributed by atoms with van der Waals surface area (Å²) in [5.41, 5.74) is 0.520. The van der Waals surface area contributed by atoms with Crippen molar-refractivity contribution in [1.82, 2.24) is 10.2 Å². The van der Waals surface area contributed by atoms with E-state index < -0.39 is 5.97 Å². The third-order valence-corrected chi connectivity index (χ3v) is 3.54. The van der Waals surface area contributed by atoms with Gasteiger partial charge in [-0.1, -0.05) is 6.07 Å². The summed E-state index contributed by atoms with van der Waals surface area (Å²) in [6.07, 6.45) is 2.25. The van der Waals surface area contributed by atoms with Gasteiger partial charge in [0, 0.05) is 18.2 Å². The van der Waals surface area contributed by atoms with Crippen molar-refractivity contribution in [2.24, 2.45) is 0 Å². The van der Waals surface area contributed by atoms with Crippen molar-refractivity contribution < 1.29 is 14.7 Å². The summed E-state index contributed by atoms with van der Waals surface area (Å²) in [4.78, 5) is 25.0. The van der Waals surface area contributed by atoms with E-state index in [0.29, 0.717) is 18.2 Å². The number of nitrogens with zero attached hydrogens (tertiary/aromatic N) is 1. The average Bonchev–Trinajstić information content (AvgIpc) is 2.81. The Labute approximate surface area is 112 Å². The normalized spacial score (nSPS) is 19.3. The van der Waals surface area contributed by atoms with Gasteiger partial charge >= 0.3 is 5.97 Å². The summed E-state index contributed by atoms with van der Waals surface area (Å²) in [5, 5.41) is 11.8. The average molecular weight is 262 g/mol. The number of carbonyl (C=O) groups excluding carboxylic acids is 1. The van der Waals surface area contributed by atoms with Crippen molar-refractivity contribution in [1.29, 1.82) is 0 Å². The number of benzene rings is 1. The number of amides is 1. The molecule has 2 rings (SSSR count). The van der Waals surface area contributed by atoms with E-state index in [1.165, 1.54) is 12.1 Å². The number of carboxylic acid groups (broad SMARTS) is 1. The maximum absolute atomic E-state index is 12.0. The van der Waals surface area contributed by atoms with Gasteiger partial charge in [-0.15, -0.1) is 0 Å². The molecule has 1 aliphatic rings. The molecule has 0 radical (unpaired) electrons. The van der Waals surface area contributed by atoms with Crippen LogP contribution in [0.2, 0.25) is 0 Å². The molecule has 1 amide bonds.